The van der Waals surface area contributed by atoms with E-state index < -0.39 is 52.6 Å². The lowest BCUT2D eigenvalue weighted by Gasteiger charge is -2.31. The van der Waals surface area contributed by atoms with Crippen molar-refractivity contribution >= 4 is 27.5 Å². The van der Waals surface area contributed by atoms with Crippen LogP contribution in [0.25, 0.3) is 11.1 Å². The van der Waals surface area contributed by atoms with Crippen LogP contribution >= 0.6 is 11.6 Å². The molecular weight excluding hydrogens is 714 g/mol. The summed E-state index contributed by atoms with van der Waals surface area (Å²) in [6, 6.07) is 14.6. The van der Waals surface area contributed by atoms with Crippen molar-refractivity contribution in [3.63, 3.8) is 0 Å². The molecular formula is C37H46ClN3O10S. The molecule has 3 aromatic rings. The highest BCUT2D eigenvalue weighted by atomic mass is 35.5. The van der Waals surface area contributed by atoms with Gasteiger partial charge in [0.1, 0.15) is 24.1 Å². The van der Waals surface area contributed by atoms with Gasteiger partial charge in [0, 0.05) is 48.2 Å². The van der Waals surface area contributed by atoms with Crippen molar-refractivity contribution in [1.29, 1.82) is 0 Å². The number of aromatic nitrogens is 1. The van der Waals surface area contributed by atoms with Gasteiger partial charge >= 0.3 is 0 Å². The average Bonchev–Trinajstić information content (AvgIpc) is 4.11. The fraction of sp³-hybridized carbons (Fsp3) is 0.514. The number of benzene rings is 2. The van der Waals surface area contributed by atoms with Crippen LogP contribution in [0.15, 0.2) is 65.8 Å². The molecule has 4 unspecified atom stereocenters. The summed E-state index contributed by atoms with van der Waals surface area (Å²) in [7, 11) is -3.84. The fourth-order valence-corrected chi connectivity index (χ4v) is 8.25. The van der Waals surface area contributed by atoms with Crippen molar-refractivity contribution in [1.82, 2.24) is 14.6 Å². The molecule has 3 aliphatic rings. The van der Waals surface area contributed by atoms with Crippen LogP contribution in [-0.4, -0.2) is 106 Å². The van der Waals surface area contributed by atoms with Crippen LogP contribution in [-0.2, 0) is 31.8 Å². The summed E-state index contributed by atoms with van der Waals surface area (Å²) in [5.74, 6) is -0.00351. The molecule has 4 atom stereocenters. The van der Waals surface area contributed by atoms with Gasteiger partial charge in [0.25, 0.3) is 5.91 Å². The standard InChI is InChI=1S/C37H46ClN3O10S/c38-30-8-7-26(52(48,49)41-17-11-23(12-18-41)9-16-40-36(47)35(46)34(45)33(44)31(43)21-42)19-24(30)22-50-37(13-14-37)29-20-39-15-10-27(29)28-3-1-2-4-32(28)51-25-5-6-25/h1-4,7-8,10,15,19-20,23,25,31,33-35,42-46H,5-6,9,11-14,16-18,21-22H2,(H,40,47). The number of amides is 1. The van der Waals surface area contributed by atoms with Crippen LogP contribution in [0.4, 0.5) is 0 Å². The highest BCUT2D eigenvalue weighted by Gasteiger charge is 2.48. The minimum Gasteiger partial charge on any atom is -0.490 e. The van der Waals surface area contributed by atoms with E-state index in [1.807, 2.05) is 36.5 Å². The van der Waals surface area contributed by atoms with Gasteiger partial charge in [0.2, 0.25) is 10.0 Å². The third-order valence-corrected chi connectivity index (χ3v) is 12.4. The largest absolute Gasteiger partial charge is 0.490 e. The Balaban J connectivity index is 1.04. The molecule has 0 bridgehead atoms. The maximum Gasteiger partial charge on any atom is 0.251 e. The third-order valence-electron chi connectivity index (χ3n) is 10.1. The van der Waals surface area contributed by atoms with Gasteiger partial charge in [-0.2, -0.15) is 4.31 Å². The summed E-state index contributed by atoms with van der Waals surface area (Å²) >= 11 is 6.58. The third kappa shape index (κ3) is 8.78. The van der Waals surface area contributed by atoms with E-state index in [0.717, 1.165) is 48.1 Å². The van der Waals surface area contributed by atoms with Crippen molar-refractivity contribution in [2.45, 2.75) is 92.6 Å². The summed E-state index contributed by atoms with van der Waals surface area (Å²) in [6.07, 6.45) is 1.51. The Hall–Kier alpha value is -3.18. The number of carbonyl (C=O) groups excluding carboxylic acids is 1. The van der Waals surface area contributed by atoms with Crippen molar-refractivity contribution < 1.29 is 48.2 Å². The lowest BCUT2D eigenvalue weighted by Crippen LogP contribution is -2.51. The van der Waals surface area contributed by atoms with Crippen LogP contribution < -0.4 is 10.1 Å². The van der Waals surface area contributed by atoms with Crippen LogP contribution in [0.3, 0.4) is 0 Å². The van der Waals surface area contributed by atoms with E-state index in [1.165, 1.54) is 10.4 Å². The summed E-state index contributed by atoms with van der Waals surface area (Å²) in [5, 5.41) is 50.9. The molecule has 282 valence electrons. The van der Waals surface area contributed by atoms with Crippen molar-refractivity contribution in [2.75, 3.05) is 26.2 Å². The lowest BCUT2D eigenvalue weighted by atomic mass is 9.94. The van der Waals surface area contributed by atoms with Gasteiger partial charge in [0.15, 0.2) is 6.10 Å². The second-order valence-electron chi connectivity index (χ2n) is 13.9. The van der Waals surface area contributed by atoms with Gasteiger partial charge in [-0.1, -0.05) is 29.8 Å². The Kier molecular flexibility index (Phi) is 12.2. The first kappa shape index (κ1) is 38.5. The molecule has 6 rings (SSSR count). The number of para-hydroxylation sites is 1. The highest BCUT2D eigenvalue weighted by Crippen LogP contribution is 2.53. The second-order valence-corrected chi connectivity index (χ2v) is 16.2. The number of aliphatic hydroxyl groups excluding tert-OH is 5. The number of halogens is 1. The monoisotopic (exact) mass is 759 g/mol. The Bertz CT molecular complexity index is 1810. The second kappa shape index (κ2) is 16.5. The maximum atomic E-state index is 13.7. The number of pyridine rings is 1. The predicted molar refractivity (Wildman–Crippen MR) is 191 cm³/mol. The van der Waals surface area contributed by atoms with E-state index in [-0.39, 0.29) is 43.2 Å². The zero-order valence-electron chi connectivity index (χ0n) is 28.7. The zero-order valence-corrected chi connectivity index (χ0v) is 30.3. The summed E-state index contributed by atoms with van der Waals surface area (Å²) in [6.45, 7) is -0.0309. The molecule has 2 aliphatic carbocycles. The van der Waals surface area contributed by atoms with Gasteiger partial charge < -0.3 is 40.3 Å². The molecule has 0 spiro atoms. The Labute approximate surface area is 308 Å². The first-order valence-electron chi connectivity index (χ1n) is 17.7. The first-order chi connectivity index (χ1) is 24.9. The molecule has 0 radical (unpaired) electrons. The quantitative estimate of drug-likeness (QED) is 0.118. The summed E-state index contributed by atoms with van der Waals surface area (Å²) in [5.41, 5.74) is 2.90. The minimum absolute atomic E-state index is 0.101. The van der Waals surface area contributed by atoms with E-state index in [2.05, 4.69) is 10.3 Å². The molecule has 1 saturated heterocycles. The molecule has 2 aromatic carbocycles. The number of carbonyl (C=O) groups is 1. The van der Waals surface area contributed by atoms with E-state index >= 15 is 0 Å². The number of ether oxygens (including phenoxy) is 2. The minimum atomic E-state index is -3.84. The molecule has 2 saturated carbocycles. The van der Waals surface area contributed by atoms with E-state index in [4.69, 9.17) is 26.2 Å². The first-order valence-corrected chi connectivity index (χ1v) is 19.5. The normalized spacial score (nSPS) is 20.1. The maximum absolute atomic E-state index is 13.7. The smallest absolute Gasteiger partial charge is 0.251 e. The molecule has 1 amide bonds. The van der Waals surface area contributed by atoms with Gasteiger partial charge in [-0.3, -0.25) is 9.78 Å². The Morgan fingerprint density at radius 1 is 1.00 bits per heavy atom. The molecule has 2 heterocycles. The Morgan fingerprint density at radius 3 is 2.42 bits per heavy atom. The SMILES string of the molecule is O=C(NCCC1CCN(S(=O)(=O)c2ccc(Cl)c(COC3(c4cnccc4-c4ccccc4OC4CC4)CC3)c2)CC1)C(O)C(O)C(O)C(O)CO. The van der Waals surface area contributed by atoms with E-state index in [9.17, 15) is 33.6 Å². The van der Waals surface area contributed by atoms with Crippen LogP contribution in [0.5, 0.6) is 5.75 Å². The number of nitrogens with one attached hydrogen (secondary N) is 1. The molecule has 1 aliphatic heterocycles. The number of aliphatic hydroxyl groups is 5. The molecule has 52 heavy (non-hydrogen) atoms. The molecule has 13 nitrogen and oxygen atoms in total. The number of piperidine rings is 1. The van der Waals surface area contributed by atoms with Gasteiger partial charge in [-0.05, 0) is 92.3 Å². The van der Waals surface area contributed by atoms with E-state index in [1.54, 1.807) is 18.3 Å². The molecule has 15 heteroatoms. The summed E-state index contributed by atoms with van der Waals surface area (Å²) < 4.78 is 41.7. The van der Waals surface area contributed by atoms with Crippen LogP contribution in [0.1, 0.15) is 56.1 Å². The average molecular weight is 760 g/mol. The zero-order chi connectivity index (χ0) is 37.0. The van der Waals surface area contributed by atoms with Crippen LogP contribution in [0.2, 0.25) is 5.02 Å². The van der Waals surface area contributed by atoms with Gasteiger partial charge in [-0.15, -0.1) is 0 Å². The lowest BCUT2D eigenvalue weighted by molar-refractivity contribution is -0.148. The summed E-state index contributed by atoms with van der Waals surface area (Å²) in [4.78, 5) is 16.8. The number of sulfonamides is 1. The Morgan fingerprint density at radius 2 is 1.73 bits per heavy atom. The van der Waals surface area contributed by atoms with Crippen molar-refractivity contribution in [3.8, 4) is 16.9 Å². The van der Waals surface area contributed by atoms with Crippen molar-refractivity contribution in [3.05, 3.63) is 77.1 Å². The van der Waals surface area contributed by atoms with Crippen molar-refractivity contribution in [2.24, 2.45) is 5.92 Å². The number of nitrogens with zero attached hydrogens (tertiary/aromatic N) is 2. The predicted octanol–water partition coefficient (Wildman–Crippen LogP) is 2.49. The molecule has 3 fully saturated rings. The van der Waals surface area contributed by atoms with Gasteiger partial charge in [-0.25, -0.2) is 8.42 Å². The van der Waals surface area contributed by atoms with Gasteiger partial charge in [0.05, 0.1) is 29.8 Å². The number of rotatable bonds is 17. The highest BCUT2D eigenvalue weighted by molar-refractivity contribution is 7.89. The molecule has 1 aromatic heterocycles. The van der Waals surface area contributed by atoms with E-state index in [0.29, 0.717) is 29.8 Å². The van der Waals surface area contributed by atoms with Crippen LogP contribution in [0, 0.1) is 5.92 Å². The number of hydrogen-bond acceptors (Lipinski definition) is 11. The topological polar surface area (TPSA) is 199 Å². The molecule has 6 N–H and O–H groups in total. The number of hydrogen-bond donors (Lipinski definition) is 6. The fourth-order valence-electron chi connectivity index (χ4n) is 6.56.